The van der Waals surface area contributed by atoms with Crippen molar-refractivity contribution in [3.05, 3.63) is 35.6 Å². The summed E-state index contributed by atoms with van der Waals surface area (Å²) in [6.07, 6.45) is 6.01. The van der Waals surface area contributed by atoms with Crippen LogP contribution in [0.25, 0.3) is 0 Å². The molecule has 2 fully saturated rings. The summed E-state index contributed by atoms with van der Waals surface area (Å²) in [5.41, 5.74) is 0.420. The molecule has 0 atom stereocenters. The summed E-state index contributed by atoms with van der Waals surface area (Å²) < 4.78 is 13.6. The van der Waals surface area contributed by atoms with E-state index in [0.29, 0.717) is 24.6 Å². The zero-order valence-electron chi connectivity index (χ0n) is 14.0. The second-order valence-corrected chi connectivity index (χ2v) is 6.92. The Kier molecular flexibility index (Phi) is 5.48. The summed E-state index contributed by atoms with van der Waals surface area (Å²) in [6, 6.07) is 6.44. The van der Waals surface area contributed by atoms with Crippen LogP contribution in [0.3, 0.4) is 0 Å². The molecule has 1 aliphatic carbocycles. The quantitative estimate of drug-likeness (QED) is 0.921. The van der Waals surface area contributed by atoms with Crippen LogP contribution in [0.4, 0.5) is 4.39 Å². The third-order valence-electron chi connectivity index (χ3n) is 5.19. The fraction of sp³-hybridized carbons (Fsp3) is 0.579. The molecule has 3 rings (SSSR count). The van der Waals surface area contributed by atoms with Crippen molar-refractivity contribution in [1.29, 1.82) is 0 Å². The summed E-state index contributed by atoms with van der Waals surface area (Å²) >= 11 is 0. The minimum Gasteiger partial charge on any atom is -0.353 e. The molecule has 2 aliphatic rings. The molecule has 1 aromatic rings. The maximum Gasteiger partial charge on any atom is 0.225 e. The van der Waals surface area contributed by atoms with Crippen LogP contribution in [-0.4, -0.2) is 35.8 Å². The van der Waals surface area contributed by atoms with Gasteiger partial charge in [0, 0.05) is 25.0 Å². The van der Waals surface area contributed by atoms with Gasteiger partial charge in [-0.25, -0.2) is 4.39 Å². The lowest BCUT2D eigenvalue weighted by Crippen LogP contribution is -2.48. The molecule has 1 saturated heterocycles. The Morgan fingerprint density at radius 2 is 1.75 bits per heavy atom. The number of amides is 2. The van der Waals surface area contributed by atoms with Gasteiger partial charge in [0.25, 0.3) is 0 Å². The Morgan fingerprint density at radius 1 is 1.08 bits per heavy atom. The Bertz CT molecular complexity index is 591. The van der Waals surface area contributed by atoms with Gasteiger partial charge < -0.3 is 10.2 Å². The number of benzene rings is 1. The number of hydrogen-bond donors (Lipinski definition) is 1. The zero-order valence-corrected chi connectivity index (χ0v) is 14.0. The maximum absolute atomic E-state index is 13.6. The number of piperidine rings is 1. The van der Waals surface area contributed by atoms with Crippen LogP contribution in [-0.2, 0) is 16.0 Å². The van der Waals surface area contributed by atoms with E-state index in [-0.39, 0.29) is 30.1 Å². The second-order valence-electron chi connectivity index (χ2n) is 6.92. The Balaban J connectivity index is 1.44. The van der Waals surface area contributed by atoms with Crippen molar-refractivity contribution in [3.63, 3.8) is 0 Å². The van der Waals surface area contributed by atoms with E-state index in [1.165, 1.54) is 18.9 Å². The molecule has 0 spiro atoms. The summed E-state index contributed by atoms with van der Waals surface area (Å²) in [5, 5.41) is 2.98. The van der Waals surface area contributed by atoms with Crippen molar-refractivity contribution in [2.24, 2.45) is 5.92 Å². The van der Waals surface area contributed by atoms with Gasteiger partial charge in [0.1, 0.15) is 5.82 Å². The fourth-order valence-corrected chi connectivity index (χ4v) is 3.77. The topological polar surface area (TPSA) is 49.4 Å². The van der Waals surface area contributed by atoms with Crippen LogP contribution in [0, 0.1) is 11.7 Å². The fourth-order valence-electron chi connectivity index (χ4n) is 3.77. The first kappa shape index (κ1) is 16.9. The van der Waals surface area contributed by atoms with E-state index < -0.39 is 0 Å². The van der Waals surface area contributed by atoms with Crippen LogP contribution < -0.4 is 5.32 Å². The zero-order chi connectivity index (χ0) is 16.9. The van der Waals surface area contributed by atoms with Crippen molar-refractivity contribution in [2.75, 3.05) is 13.1 Å². The molecule has 1 heterocycles. The van der Waals surface area contributed by atoms with Gasteiger partial charge in [-0.1, -0.05) is 31.0 Å². The van der Waals surface area contributed by atoms with E-state index in [0.717, 1.165) is 25.7 Å². The molecule has 0 unspecified atom stereocenters. The third-order valence-corrected chi connectivity index (χ3v) is 5.19. The van der Waals surface area contributed by atoms with Gasteiger partial charge >= 0.3 is 0 Å². The summed E-state index contributed by atoms with van der Waals surface area (Å²) in [6.45, 7) is 1.42. The lowest BCUT2D eigenvalue weighted by atomic mass is 10.0. The molecule has 1 aromatic carbocycles. The van der Waals surface area contributed by atoms with Gasteiger partial charge in [0.05, 0.1) is 6.42 Å². The third kappa shape index (κ3) is 4.13. The Hall–Kier alpha value is -1.91. The molecule has 5 heteroatoms. The predicted octanol–water partition coefficient (Wildman–Crippen LogP) is 2.67. The molecule has 4 nitrogen and oxygen atoms in total. The number of halogens is 1. The number of rotatable bonds is 4. The molecule has 0 radical (unpaired) electrons. The first-order chi connectivity index (χ1) is 11.6. The maximum atomic E-state index is 13.6. The first-order valence-electron chi connectivity index (χ1n) is 8.95. The van der Waals surface area contributed by atoms with E-state index in [4.69, 9.17) is 0 Å². The molecule has 1 N–H and O–H groups in total. The normalized spacial score (nSPS) is 19.5. The Labute approximate surface area is 142 Å². The molecular formula is C19H25FN2O2. The molecular weight excluding hydrogens is 307 g/mol. The number of carbonyl (C=O) groups excluding carboxylic acids is 2. The van der Waals surface area contributed by atoms with Crippen LogP contribution in [0.5, 0.6) is 0 Å². The van der Waals surface area contributed by atoms with Crippen LogP contribution in [0.1, 0.15) is 44.1 Å². The standard InChI is InChI=1S/C19H25FN2O2/c20-17-8-4-3-7-15(17)13-18(23)21-16-9-11-22(12-10-16)19(24)14-5-1-2-6-14/h3-4,7-8,14,16H,1-2,5-6,9-13H2,(H,21,23). The average Bonchev–Trinajstić information content (AvgIpc) is 3.11. The van der Waals surface area contributed by atoms with E-state index >= 15 is 0 Å². The molecule has 24 heavy (non-hydrogen) atoms. The molecule has 130 valence electrons. The predicted molar refractivity (Wildman–Crippen MR) is 89.8 cm³/mol. The summed E-state index contributed by atoms with van der Waals surface area (Å²) in [7, 11) is 0. The lowest BCUT2D eigenvalue weighted by molar-refractivity contribution is -0.136. The number of nitrogens with one attached hydrogen (secondary N) is 1. The van der Waals surface area contributed by atoms with Crippen molar-refractivity contribution in [3.8, 4) is 0 Å². The number of likely N-dealkylation sites (tertiary alicyclic amines) is 1. The highest BCUT2D eigenvalue weighted by atomic mass is 19.1. The molecule has 2 amide bonds. The van der Waals surface area contributed by atoms with Crippen LogP contribution in [0.15, 0.2) is 24.3 Å². The molecule has 1 aliphatic heterocycles. The monoisotopic (exact) mass is 332 g/mol. The highest BCUT2D eigenvalue weighted by Gasteiger charge is 2.30. The SMILES string of the molecule is O=C(Cc1ccccc1F)NC1CCN(C(=O)C2CCCC2)CC1. The molecule has 0 aromatic heterocycles. The smallest absolute Gasteiger partial charge is 0.225 e. The second kappa shape index (κ2) is 7.77. The highest BCUT2D eigenvalue weighted by molar-refractivity contribution is 5.80. The van der Waals surface area contributed by atoms with Gasteiger partial charge in [-0.15, -0.1) is 0 Å². The molecule has 0 bridgehead atoms. The molecule has 1 saturated carbocycles. The number of nitrogens with zero attached hydrogens (tertiary/aromatic N) is 1. The minimum absolute atomic E-state index is 0.0634. The summed E-state index contributed by atoms with van der Waals surface area (Å²) in [4.78, 5) is 26.5. The first-order valence-corrected chi connectivity index (χ1v) is 8.95. The highest BCUT2D eigenvalue weighted by Crippen LogP contribution is 2.27. The van der Waals surface area contributed by atoms with Gasteiger partial charge in [0.2, 0.25) is 11.8 Å². The van der Waals surface area contributed by atoms with E-state index in [2.05, 4.69) is 5.32 Å². The van der Waals surface area contributed by atoms with Crippen molar-refractivity contribution in [1.82, 2.24) is 10.2 Å². The van der Waals surface area contributed by atoms with Crippen molar-refractivity contribution < 1.29 is 14.0 Å². The average molecular weight is 332 g/mol. The van der Waals surface area contributed by atoms with Gasteiger partial charge in [-0.2, -0.15) is 0 Å². The van der Waals surface area contributed by atoms with Crippen molar-refractivity contribution in [2.45, 2.75) is 51.0 Å². The van der Waals surface area contributed by atoms with Crippen LogP contribution in [0.2, 0.25) is 0 Å². The van der Waals surface area contributed by atoms with Gasteiger partial charge in [-0.05, 0) is 37.3 Å². The van der Waals surface area contributed by atoms with E-state index in [1.54, 1.807) is 18.2 Å². The van der Waals surface area contributed by atoms with Gasteiger partial charge in [0.15, 0.2) is 0 Å². The summed E-state index contributed by atoms with van der Waals surface area (Å²) in [5.74, 6) is 0.0196. The van der Waals surface area contributed by atoms with Crippen molar-refractivity contribution >= 4 is 11.8 Å². The van der Waals surface area contributed by atoms with Crippen LogP contribution >= 0.6 is 0 Å². The van der Waals surface area contributed by atoms with Gasteiger partial charge in [-0.3, -0.25) is 9.59 Å². The Morgan fingerprint density at radius 3 is 2.42 bits per heavy atom. The van der Waals surface area contributed by atoms with E-state index in [9.17, 15) is 14.0 Å². The lowest BCUT2D eigenvalue weighted by Gasteiger charge is -2.34. The minimum atomic E-state index is -0.343. The van der Waals surface area contributed by atoms with E-state index in [1.807, 2.05) is 4.90 Å². The number of hydrogen-bond acceptors (Lipinski definition) is 2. The number of carbonyl (C=O) groups is 2. The largest absolute Gasteiger partial charge is 0.353 e.